The number of rotatable bonds is 5. The van der Waals surface area contributed by atoms with Crippen LogP contribution in [0.15, 0.2) is 46.6 Å². The van der Waals surface area contributed by atoms with Crippen molar-refractivity contribution < 1.29 is 13.2 Å². The third-order valence-corrected chi connectivity index (χ3v) is 7.62. The summed E-state index contributed by atoms with van der Waals surface area (Å²) >= 11 is 0. The molecule has 0 saturated heterocycles. The average Bonchev–Trinajstić information content (AvgIpc) is 3.37. The second kappa shape index (κ2) is 6.69. The molecular weight excluding hydrogens is 390 g/mol. The lowest BCUT2D eigenvalue weighted by molar-refractivity contribution is -0.125. The van der Waals surface area contributed by atoms with E-state index >= 15 is 0 Å². The highest BCUT2D eigenvalue weighted by Crippen LogP contribution is 2.33. The van der Waals surface area contributed by atoms with E-state index in [9.17, 15) is 13.2 Å². The van der Waals surface area contributed by atoms with Crippen LogP contribution in [0.3, 0.4) is 0 Å². The standard InChI is InChI=1S/C20H23N5O3S/c1-2-13-4-3-5-17-16(13)11-18(21-17)20(26)24-8-9-25-14(12-24)10-19(22-25)23-29(27,28)15-6-7-15/h3-5,10-11,13,15H,2,6-9,12H2,1H3,(H,22,23). The molecule has 0 spiro atoms. The van der Waals surface area contributed by atoms with E-state index in [1.165, 1.54) is 0 Å². The molecule has 152 valence electrons. The first-order valence-corrected chi connectivity index (χ1v) is 11.6. The molecule has 1 N–H and O–H groups in total. The zero-order chi connectivity index (χ0) is 20.2. The Labute approximate surface area is 169 Å². The Balaban J connectivity index is 1.31. The number of nitrogens with one attached hydrogen (secondary N) is 1. The van der Waals surface area contributed by atoms with E-state index in [1.807, 2.05) is 18.2 Å². The van der Waals surface area contributed by atoms with Gasteiger partial charge in [0.2, 0.25) is 10.0 Å². The number of sulfonamides is 1. The molecule has 0 radical (unpaired) electrons. The summed E-state index contributed by atoms with van der Waals surface area (Å²) in [6.45, 7) is 3.55. The van der Waals surface area contributed by atoms with Crippen molar-refractivity contribution in [1.29, 1.82) is 0 Å². The van der Waals surface area contributed by atoms with E-state index in [4.69, 9.17) is 0 Å². The number of fused-ring (bicyclic) bond motifs is 2. The molecule has 1 amide bonds. The van der Waals surface area contributed by atoms with Gasteiger partial charge in [-0.2, -0.15) is 5.10 Å². The molecule has 1 atom stereocenters. The molecule has 2 aliphatic carbocycles. The molecule has 1 aromatic heterocycles. The largest absolute Gasteiger partial charge is 0.330 e. The Morgan fingerprint density at radius 2 is 2.14 bits per heavy atom. The molecule has 1 aromatic rings. The average molecular weight is 414 g/mol. The zero-order valence-corrected chi connectivity index (χ0v) is 17.0. The minimum absolute atomic E-state index is 0.102. The molecule has 2 aliphatic heterocycles. The van der Waals surface area contributed by atoms with Crippen LogP contribution in [0, 0.1) is 5.92 Å². The molecule has 29 heavy (non-hydrogen) atoms. The highest BCUT2D eigenvalue weighted by atomic mass is 32.2. The summed E-state index contributed by atoms with van der Waals surface area (Å²) in [6, 6.07) is 1.72. The summed E-state index contributed by atoms with van der Waals surface area (Å²) < 4.78 is 28.6. The highest BCUT2D eigenvalue weighted by Gasteiger charge is 2.36. The summed E-state index contributed by atoms with van der Waals surface area (Å²) in [5.41, 5.74) is 3.27. The van der Waals surface area contributed by atoms with Gasteiger partial charge in [-0.1, -0.05) is 19.1 Å². The predicted octanol–water partition coefficient (Wildman–Crippen LogP) is 1.99. The van der Waals surface area contributed by atoms with Crippen LogP contribution < -0.4 is 4.72 Å². The van der Waals surface area contributed by atoms with E-state index < -0.39 is 10.0 Å². The van der Waals surface area contributed by atoms with Crippen LogP contribution in [-0.4, -0.2) is 46.5 Å². The van der Waals surface area contributed by atoms with Gasteiger partial charge in [-0.05, 0) is 37.0 Å². The molecule has 9 heteroatoms. The van der Waals surface area contributed by atoms with Gasteiger partial charge in [-0.3, -0.25) is 14.2 Å². The molecule has 1 unspecified atom stereocenters. The summed E-state index contributed by atoms with van der Waals surface area (Å²) in [4.78, 5) is 19.3. The van der Waals surface area contributed by atoms with Gasteiger partial charge >= 0.3 is 0 Å². The fraction of sp³-hybridized carbons (Fsp3) is 0.450. The maximum Gasteiger partial charge on any atom is 0.272 e. The first-order valence-electron chi connectivity index (χ1n) is 10.0. The molecule has 0 bridgehead atoms. The van der Waals surface area contributed by atoms with Crippen molar-refractivity contribution in [2.24, 2.45) is 10.9 Å². The Morgan fingerprint density at radius 3 is 2.90 bits per heavy atom. The SMILES string of the molecule is CCC1C=CC=C2N=C(C(=O)N3CCn4nc(NS(=O)(=O)C5CC5)cc4C3)C=C21. The molecule has 8 nitrogen and oxygen atoms in total. The van der Waals surface area contributed by atoms with Crippen LogP contribution in [-0.2, 0) is 27.9 Å². The number of hydrogen-bond donors (Lipinski definition) is 1. The number of carbonyl (C=O) groups excluding carboxylic acids is 1. The van der Waals surface area contributed by atoms with E-state index in [1.54, 1.807) is 15.6 Å². The molecule has 3 heterocycles. The molecule has 0 aromatic carbocycles. The van der Waals surface area contributed by atoms with Crippen molar-refractivity contribution in [3.8, 4) is 0 Å². The van der Waals surface area contributed by atoms with E-state index in [0.717, 1.165) is 23.4 Å². The van der Waals surface area contributed by atoms with Gasteiger partial charge in [0.1, 0.15) is 5.71 Å². The number of nitrogens with zero attached hydrogens (tertiary/aromatic N) is 4. The lowest BCUT2D eigenvalue weighted by Crippen LogP contribution is -2.41. The van der Waals surface area contributed by atoms with Crippen molar-refractivity contribution in [3.05, 3.63) is 47.3 Å². The van der Waals surface area contributed by atoms with Gasteiger partial charge in [0.15, 0.2) is 5.82 Å². The van der Waals surface area contributed by atoms with Gasteiger partial charge in [-0.25, -0.2) is 13.4 Å². The molecular formula is C20H23N5O3S. The minimum atomic E-state index is -3.35. The number of hydrogen-bond acceptors (Lipinski definition) is 5. The van der Waals surface area contributed by atoms with Gasteiger partial charge < -0.3 is 4.90 Å². The fourth-order valence-corrected chi connectivity index (χ4v) is 5.30. The monoisotopic (exact) mass is 413 g/mol. The van der Waals surface area contributed by atoms with Crippen LogP contribution >= 0.6 is 0 Å². The molecule has 5 rings (SSSR count). The number of aliphatic imine (C=N–C) groups is 1. The normalized spacial score (nSPS) is 23.1. The summed E-state index contributed by atoms with van der Waals surface area (Å²) in [5, 5.41) is 4.05. The number of carbonyl (C=O) groups is 1. The van der Waals surface area contributed by atoms with Crippen molar-refractivity contribution >= 4 is 27.5 Å². The second-order valence-electron chi connectivity index (χ2n) is 7.87. The number of allylic oxidation sites excluding steroid dienone is 4. The zero-order valence-electron chi connectivity index (χ0n) is 16.2. The Hall–Kier alpha value is -2.68. The van der Waals surface area contributed by atoms with Crippen molar-refractivity contribution in [2.45, 2.75) is 44.5 Å². The molecule has 1 fully saturated rings. The van der Waals surface area contributed by atoms with Gasteiger partial charge in [0.05, 0.1) is 29.7 Å². The lowest BCUT2D eigenvalue weighted by atomic mass is 9.90. The summed E-state index contributed by atoms with van der Waals surface area (Å²) in [7, 11) is -3.35. The third-order valence-electron chi connectivity index (χ3n) is 5.78. The van der Waals surface area contributed by atoms with Gasteiger partial charge in [0, 0.05) is 18.5 Å². The number of anilines is 1. The first-order chi connectivity index (χ1) is 13.9. The fourth-order valence-electron chi connectivity index (χ4n) is 3.99. The van der Waals surface area contributed by atoms with E-state index in [2.05, 4.69) is 27.8 Å². The maximum atomic E-state index is 13.0. The van der Waals surface area contributed by atoms with Gasteiger partial charge in [-0.15, -0.1) is 0 Å². The second-order valence-corrected chi connectivity index (χ2v) is 9.83. The topological polar surface area (TPSA) is 96.7 Å². The van der Waals surface area contributed by atoms with Crippen LogP contribution in [0.2, 0.25) is 0 Å². The Kier molecular flexibility index (Phi) is 4.23. The smallest absolute Gasteiger partial charge is 0.272 e. The molecule has 1 saturated carbocycles. The van der Waals surface area contributed by atoms with Crippen LogP contribution in [0.5, 0.6) is 0 Å². The quantitative estimate of drug-likeness (QED) is 0.798. The van der Waals surface area contributed by atoms with E-state index in [0.29, 0.717) is 49.9 Å². The van der Waals surface area contributed by atoms with Crippen LogP contribution in [0.1, 0.15) is 31.9 Å². The molecule has 4 aliphatic rings. The lowest BCUT2D eigenvalue weighted by Gasteiger charge is -2.27. The van der Waals surface area contributed by atoms with E-state index in [-0.39, 0.29) is 11.2 Å². The third kappa shape index (κ3) is 3.33. The van der Waals surface area contributed by atoms with Crippen molar-refractivity contribution in [3.63, 3.8) is 0 Å². The van der Waals surface area contributed by atoms with Crippen molar-refractivity contribution in [2.75, 3.05) is 11.3 Å². The highest BCUT2D eigenvalue weighted by molar-refractivity contribution is 7.93. The van der Waals surface area contributed by atoms with Crippen molar-refractivity contribution in [1.82, 2.24) is 14.7 Å². The van der Waals surface area contributed by atoms with Crippen LogP contribution in [0.4, 0.5) is 5.82 Å². The number of aromatic nitrogens is 2. The Morgan fingerprint density at radius 1 is 1.31 bits per heavy atom. The summed E-state index contributed by atoms with van der Waals surface area (Å²) in [6.07, 6.45) is 10.4. The maximum absolute atomic E-state index is 13.0. The van der Waals surface area contributed by atoms with Gasteiger partial charge in [0.25, 0.3) is 5.91 Å². The minimum Gasteiger partial charge on any atom is -0.330 e. The first kappa shape index (κ1) is 18.4. The van der Waals surface area contributed by atoms with Crippen LogP contribution in [0.25, 0.3) is 0 Å². The number of amides is 1. The predicted molar refractivity (Wildman–Crippen MR) is 110 cm³/mol. The summed E-state index contributed by atoms with van der Waals surface area (Å²) in [5.74, 6) is 0.527. The Bertz CT molecular complexity index is 1110.